The second-order valence-electron chi connectivity index (χ2n) is 9.38. The number of carbonyl (C=O) groups is 5. The van der Waals surface area contributed by atoms with Crippen LogP contribution in [-0.2, 0) is 35.1 Å². The number of amides is 2. The van der Waals surface area contributed by atoms with Crippen LogP contribution in [-0.4, -0.2) is 48.9 Å². The summed E-state index contributed by atoms with van der Waals surface area (Å²) in [6.45, 7) is 4.85. The van der Waals surface area contributed by atoms with Gasteiger partial charge in [-0.25, -0.2) is 0 Å². The molecule has 1 aliphatic rings. The zero-order chi connectivity index (χ0) is 25.6. The summed E-state index contributed by atoms with van der Waals surface area (Å²) in [5, 5.41) is 7.70. The smallest absolute Gasteiger partial charge is 0.651 e. The molecule has 0 N–H and O–H groups in total. The van der Waals surface area contributed by atoms with Crippen LogP contribution in [0.1, 0.15) is 70.8 Å². The van der Waals surface area contributed by atoms with Gasteiger partial charge >= 0.3 is 116 Å². The van der Waals surface area contributed by atoms with Crippen molar-refractivity contribution in [3.8, 4) is 0 Å². The molecule has 8 nitrogen and oxygen atoms in total. The first-order chi connectivity index (χ1) is 16.7. The van der Waals surface area contributed by atoms with Crippen molar-refractivity contribution >= 4 is 34.9 Å². The first kappa shape index (κ1) is 37.7. The Morgan fingerprint density at radius 1 is 1.00 bits per heavy atom. The Bertz CT molecular complexity index is 889. The molecule has 0 saturated heterocycles. The number of hydrogen-bond acceptors (Lipinski definition) is 6. The van der Waals surface area contributed by atoms with Gasteiger partial charge in [-0.05, 0) is 30.7 Å². The summed E-state index contributed by atoms with van der Waals surface area (Å²) in [5.74, 6) is -1.09. The molecule has 1 aromatic rings. The summed E-state index contributed by atoms with van der Waals surface area (Å²) in [6.07, 6.45) is 4.34. The van der Waals surface area contributed by atoms with Crippen molar-refractivity contribution in [2.45, 2.75) is 71.6 Å². The Morgan fingerprint density at radius 2 is 1.70 bits per heavy atom. The summed E-state index contributed by atoms with van der Waals surface area (Å²) in [4.78, 5) is 59.9. The van der Waals surface area contributed by atoms with E-state index in [1.807, 2.05) is 13.8 Å². The van der Waals surface area contributed by atoms with Crippen molar-refractivity contribution in [2.75, 3.05) is 19.8 Å². The van der Waals surface area contributed by atoms with Gasteiger partial charge in [0, 0.05) is 45.3 Å². The van der Waals surface area contributed by atoms with Gasteiger partial charge in [-0.3, -0.25) is 14.4 Å². The topological polar surface area (TPSA) is 123 Å². The maximum absolute atomic E-state index is 12.4. The molecule has 0 aromatic heterocycles. The van der Waals surface area contributed by atoms with Crippen LogP contribution in [0.2, 0.25) is 0 Å². The third kappa shape index (κ3) is 16.6. The van der Waals surface area contributed by atoms with E-state index < -0.39 is 24.2 Å². The molecule has 0 aliphatic heterocycles. The summed E-state index contributed by atoms with van der Waals surface area (Å²) < 4.78 is 5.37. The van der Waals surface area contributed by atoms with Crippen LogP contribution in [0.5, 0.6) is 0 Å². The molecule has 0 bridgehead atoms. The average Bonchev–Trinajstić information content (AvgIpc) is 2.79. The number of nitrogens with zero attached hydrogens (tertiary/aromatic N) is 2. The standard InChI is InChI=1S/C27H38N2O6.2Rb/c1-19(2)16-22(30)6-5-14-35-15-13-28-26(33)18-27(34)29-21-11-9-20(10-12-21)17-25(32)23-7-3-4-8-24(23)31;;/h9-12,19,23H,3-8,13-18H2,1-2H3,(H2,28,29,33,34);;/q;2*+1/p-2. The second-order valence-corrected chi connectivity index (χ2v) is 9.38. The summed E-state index contributed by atoms with van der Waals surface area (Å²) in [6, 6.07) is 6.64. The normalized spacial score (nSPS) is 14.8. The number of Topliss-reactive ketones (excluding diaryl/α,β-unsaturated/α-hetero) is 3. The van der Waals surface area contributed by atoms with Crippen molar-refractivity contribution in [2.24, 2.45) is 11.8 Å². The molecule has 192 valence electrons. The Hall–Kier alpha value is 0.740. The number of carbonyl (C=O) groups excluding carboxylic acids is 5. The Kier molecular flexibility index (Phi) is 21.9. The van der Waals surface area contributed by atoms with Crippen LogP contribution in [0.3, 0.4) is 0 Å². The molecule has 10 heteroatoms. The molecule has 0 heterocycles. The van der Waals surface area contributed by atoms with Crippen LogP contribution >= 0.6 is 0 Å². The van der Waals surface area contributed by atoms with E-state index in [2.05, 4.69) is 10.6 Å². The van der Waals surface area contributed by atoms with Crippen molar-refractivity contribution < 1.29 is 145 Å². The van der Waals surface area contributed by atoms with E-state index in [9.17, 15) is 24.0 Å². The summed E-state index contributed by atoms with van der Waals surface area (Å²) in [7, 11) is 0. The van der Waals surface area contributed by atoms with E-state index >= 15 is 0 Å². The molecule has 2 rings (SSSR count). The predicted molar refractivity (Wildman–Crippen MR) is 133 cm³/mol. The molecular formula is C27H36N2O6Rb2. The largest absolute Gasteiger partial charge is 1.00 e. The van der Waals surface area contributed by atoms with Crippen LogP contribution in [0, 0.1) is 11.8 Å². The fourth-order valence-corrected chi connectivity index (χ4v) is 3.97. The minimum absolute atomic E-state index is 0. The molecule has 1 aromatic carbocycles. The molecule has 1 saturated carbocycles. The average molecular weight is 656 g/mol. The van der Waals surface area contributed by atoms with Crippen molar-refractivity contribution in [1.29, 1.82) is 0 Å². The second kappa shape index (κ2) is 21.5. The van der Waals surface area contributed by atoms with E-state index in [1.54, 1.807) is 24.3 Å². The molecule has 1 atom stereocenters. The van der Waals surface area contributed by atoms with Gasteiger partial charge in [-0.1, -0.05) is 44.5 Å². The number of ketones is 3. The SMILES string of the molecule is CC(C)CC(=O)CCCOCC[N-]C(=O)CC(=O)[N-]c1ccc(CC(=O)C2CCCCC2=O)cc1.[Rb+].[Rb+]. The zero-order valence-corrected chi connectivity index (χ0v) is 32.6. The third-order valence-corrected chi connectivity index (χ3v) is 5.72. The van der Waals surface area contributed by atoms with Gasteiger partial charge in [-0.2, -0.15) is 0 Å². The molecule has 1 unspecified atom stereocenters. The number of hydrogen-bond donors (Lipinski definition) is 0. The molecule has 0 spiro atoms. The molecule has 1 fully saturated rings. The van der Waals surface area contributed by atoms with E-state index in [1.165, 1.54) is 0 Å². The van der Waals surface area contributed by atoms with Gasteiger partial charge in [0.15, 0.2) is 0 Å². The Balaban J connectivity index is 0.00000648. The van der Waals surface area contributed by atoms with Gasteiger partial charge in [0.25, 0.3) is 0 Å². The van der Waals surface area contributed by atoms with E-state index in [-0.39, 0.29) is 153 Å². The van der Waals surface area contributed by atoms with Crippen LogP contribution in [0.25, 0.3) is 10.6 Å². The van der Waals surface area contributed by atoms with Gasteiger partial charge in [0.1, 0.15) is 17.3 Å². The van der Waals surface area contributed by atoms with Gasteiger partial charge in [0.05, 0.1) is 17.7 Å². The van der Waals surface area contributed by atoms with Crippen LogP contribution in [0.4, 0.5) is 5.69 Å². The maximum Gasteiger partial charge on any atom is 1.00 e. The monoisotopic (exact) mass is 654 g/mol. The van der Waals surface area contributed by atoms with Crippen molar-refractivity contribution in [3.05, 3.63) is 40.5 Å². The summed E-state index contributed by atoms with van der Waals surface area (Å²) in [5.41, 5.74) is 1.15. The number of benzene rings is 1. The van der Waals surface area contributed by atoms with Crippen molar-refractivity contribution in [3.63, 3.8) is 0 Å². The maximum atomic E-state index is 12.4. The number of rotatable bonds is 15. The third-order valence-electron chi connectivity index (χ3n) is 5.72. The molecule has 37 heavy (non-hydrogen) atoms. The zero-order valence-electron chi connectivity index (χ0n) is 22.8. The molecule has 1 aliphatic carbocycles. The molecule has 2 amide bonds. The minimum Gasteiger partial charge on any atom is -0.651 e. The summed E-state index contributed by atoms with van der Waals surface area (Å²) >= 11 is 0. The van der Waals surface area contributed by atoms with Gasteiger partial charge in [-0.15, -0.1) is 12.2 Å². The van der Waals surface area contributed by atoms with E-state index in [0.29, 0.717) is 50.3 Å². The van der Waals surface area contributed by atoms with Crippen LogP contribution < -0.4 is 116 Å². The predicted octanol–water partition coefficient (Wildman–Crippen LogP) is -1.20. The van der Waals surface area contributed by atoms with Crippen LogP contribution in [0.15, 0.2) is 24.3 Å². The fraction of sp³-hybridized carbons (Fsp3) is 0.593. The Morgan fingerprint density at radius 3 is 2.35 bits per heavy atom. The van der Waals surface area contributed by atoms with E-state index in [0.717, 1.165) is 18.4 Å². The van der Waals surface area contributed by atoms with Gasteiger partial charge < -0.3 is 25.0 Å². The van der Waals surface area contributed by atoms with E-state index in [4.69, 9.17) is 4.74 Å². The fourth-order valence-electron chi connectivity index (χ4n) is 3.97. The molecular weight excluding hydrogens is 619 g/mol. The molecule has 0 radical (unpaired) electrons. The first-order valence-electron chi connectivity index (χ1n) is 12.4. The quantitative estimate of drug-likeness (QED) is 0.173. The first-order valence-corrected chi connectivity index (χ1v) is 12.4. The number of ether oxygens (including phenoxy) is 1. The Labute approximate surface area is 318 Å². The minimum atomic E-state index is -0.597. The van der Waals surface area contributed by atoms with Gasteiger partial charge in [0.2, 0.25) is 0 Å². The van der Waals surface area contributed by atoms with Crippen molar-refractivity contribution in [1.82, 2.24) is 0 Å².